The summed E-state index contributed by atoms with van der Waals surface area (Å²) in [5.41, 5.74) is 0.314. The second-order valence-corrected chi connectivity index (χ2v) is 2.99. The number of hydrogen-bond acceptors (Lipinski definition) is 1. The summed E-state index contributed by atoms with van der Waals surface area (Å²) >= 11 is 0. The zero-order valence-corrected chi connectivity index (χ0v) is 6.44. The normalized spacial score (nSPS) is 23.3. The second kappa shape index (κ2) is 2.70. The molecular weight excluding hydrogens is 112 g/mol. The Morgan fingerprint density at radius 3 is 2.22 bits per heavy atom. The van der Waals surface area contributed by atoms with Crippen LogP contribution < -0.4 is 0 Å². The molecule has 0 heterocycles. The highest BCUT2D eigenvalue weighted by molar-refractivity contribution is 4.88. The molecule has 54 valence electrons. The van der Waals surface area contributed by atoms with Gasteiger partial charge in [-0.05, 0) is 25.7 Å². The second-order valence-electron chi connectivity index (χ2n) is 2.99. The smallest absolute Gasteiger partial charge is 0.0678 e. The molecule has 0 aromatic heterocycles. The molecule has 1 rings (SSSR count). The lowest BCUT2D eigenvalue weighted by atomic mass is 9.77. The molecule has 1 aliphatic rings. The molecule has 0 unspecified atom stereocenters. The first kappa shape index (κ1) is 7.07. The van der Waals surface area contributed by atoms with Gasteiger partial charge in [0.1, 0.15) is 0 Å². The van der Waals surface area contributed by atoms with E-state index in [0.717, 1.165) is 0 Å². The monoisotopic (exact) mass is 128 g/mol. The Balaban J connectivity index is 2.28. The van der Waals surface area contributed by atoms with Gasteiger partial charge >= 0.3 is 0 Å². The third kappa shape index (κ3) is 1.26. The maximum absolute atomic E-state index is 5.41. The van der Waals surface area contributed by atoms with Crippen LogP contribution in [0.4, 0.5) is 0 Å². The zero-order valence-electron chi connectivity index (χ0n) is 6.44. The van der Waals surface area contributed by atoms with E-state index >= 15 is 0 Å². The summed E-state index contributed by atoms with van der Waals surface area (Å²) in [5, 5.41) is 0. The summed E-state index contributed by atoms with van der Waals surface area (Å²) in [6.07, 6.45) is 6.46. The molecule has 0 N–H and O–H groups in total. The molecule has 1 aliphatic carbocycles. The van der Waals surface area contributed by atoms with Crippen LogP contribution in [0, 0.1) is 0 Å². The minimum absolute atomic E-state index is 0.314. The van der Waals surface area contributed by atoms with Crippen molar-refractivity contribution in [3.63, 3.8) is 0 Å². The lowest BCUT2D eigenvalue weighted by Crippen LogP contribution is -2.38. The van der Waals surface area contributed by atoms with Gasteiger partial charge in [-0.25, -0.2) is 0 Å². The maximum atomic E-state index is 5.41. The lowest BCUT2D eigenvalue weighted by molar-refractivity contribution is -0.0778. The fourth-order valence-electron chi connectivity index (χ4n) is 1.58. The van der Waals surface area contributed by atoms with Crippen LogP contribution in [-0.2, 0) is 4.74 Å². The fraction of sp³-hybridized carbons (Fsp3) is 1.00. The van der Waals surface area contributed by atoms with Crippen molar-refractivity contribution >= 4 is 0 Å². The third-order valence-electron chi connectivity index (χ3n) is 2.40. The van der Waals surface area contributed by atoms with Crippen LogP contribution in [0.1, 0.15) is 39.0 Å². The van der Waals surface area contributed by atoms with Crippen molar-refractivity contribution in [1.82, 2.24) is 0 Å². The summed E-state index contributed by atoms with van der Waals surface area (Å²) in [7, 11) is 1.84. The van der Waals surface area contributed by atoms with Crippen molar-refractivity contribution < 1.29 is 4.74 Å². The van der Waals surface area contributed by atoms with Crippen molar-refractivity contribution in [2.24, 2.45) is 0 Å². The van der Waals surface area contributed by atoms with E-state index in [0.29, 0.717) is 5.60 Å². The molecular formula is C8H16O. The minimum atomic E-state index is 0.314. The lowest BCUT2D eigenvalue weighted by Gasteiger charge is -2.40. The van der Waals surface area contributed by atoms with Crippen molar-refractivity contribution in [2.45, 2.75) is 44.6 Å². The van der Waals surface area contributed by atoms with Crippen LogP contribution in [0.2, 0.25) is 0 Å². The summed E-state index contributed by atoms with van der Waals surface area (Å²) in [5.74, 6) is 0. The average molecular weight is 128 g/mol. The molecule has 0 spiro atoms. The van der Waals surface area contributed by atoms with Crippen molar-refractivity contribution in [2.75, 3.05) is 7.11 Å². The minimum Gasteiger partial charge on any atom is -0.378 e. The Morgan fingerprint density at radius 2 is 2.11 bits per heavy atom. The summed E-state index contributed by atoms with van der Waals surface area (Å²) in [4.78, 5) is 0. The Labute approximate surface area is 57.4 Å². The van der Waals surface area contributed by atoms with Gasteiger partial charge in [-0.2, -0.15) is 0 Å². The maximum Gasteiger partial charge on any atom is 0.0678 e. The van der Waals surface area contributed by atoms with E-state index < -0.39 is 0 Å². The number of ether oxygens (including phenoxy) is 1. The number of rotatable bonds is 3. The molecule has 1 saturated carbocycles. The molecule has 0 saturated heterocycles. The summed E-state index contributed by atoms with van der Waals surface area (Å²) in [6.45, 7) is 2.22. The molecule has 1 heteroatoms. The van der Waals surface area contributed by atoms with Gasteiger partial charge in [0, 0.05) is 7.11 Å². The molecule has 0 aromatic carbocycles. The SMILES string of the molecule is CCCC1(OC)CCC1. The molecule has 0 bridgehead atoms. The van der Waals surface area contributed by atoms with Crippen molar-refractivity contribution in [3.8, 4) is 0 Å². The first-order chi connectivity index (χ1) is 4.33. The van der Waals surface area contributed by atoms with E-state index in [4.69, 9.17) is 4.74 Å². The van der Waals surface area contributed by atoms with Gasteiger partial charge in [0.25, 0.3) is 0 Å². The van der Waals surface area contributed by atoms with Crippen LogP contribution in [0.3, 0.4) is 0 Å². The molecule has 0 radical (unpaired) electrons. The predicted molar refractivity (Wildman–Crippen MR) is 38.5 cm³/mol. The van der Waals surface area contributed by atoms with Gasteiger partial charge in [0.2, 0.25) is 0 Å². The van der Waals surface area contributed by atoms with Gasteiger partial charge in [0.05, 0.1) is 5.60 Å². The van der Waals surface area contributed by atoms with Crippen molar-refractivity contribution in [3.05, 3.63) is 0 Å². The van der Waals surface area contributed by atoms with E-state index in [1.54, 1.807) is 0 Å². The molecule has 1 fully saturated rings. The molecule has 0 aromatic rings. The number of methoxy groups -OCH3 is 1. The van der Waals surface area contributed by atoms with E-state index in [1.165, 1.54) is 32.1 Å². The molecule has 0 atom stereocenters. The fourth-order valence-corrected chi connectivity index (χ4v) is 1.58. The highest BCUT2D eigenvalue weighted by Gasteiger charge is 2.35. The van der Waals surface area contributed by atoms with Crippen molar-refractivity contribution in [1.29, 1.82) is 0 Å². The van der Waals surface area contributed by atoms with Crippen LogP contribution in [0.5, 0.6) is 0 Å². The van der Waals surface area contributed by atoms with Gasteiger partial charge in [0.15, 0.2) is 0 Å². The van der Waals surface area contributed by atoms with Gasteiger partial charge in [-0.3, -0.25) is 0 Å². The molecule has 9 heavy (non-hydrogen) atoms. The standard InChI is InChI=1S/C8H16O/c1-3-5-8(9-2)6-4-7-8/h3-7H2,1-2H3. The van der Waals surface area contributed by atoms with Gasteiger partial charge < -0.3 is 4.74 Å². The number of hydrogen-bond donors (Lipinski definition) is 0. The third-order valence-corrected chi connectivity index (χ3v) is 2.40. The van der Waals surface area contributed by atoms with E-state index in [-0.39, 0.29) is 0 Å². The molecule has 0 aliphatic heterocycles. The van der Waals surface area contributed by atoms with Crippen LogP contribution in [0.25, 0.3) is 0 Å². The Hall–Kier alpha value is -0.0400. The first-order valence-corrected chi connectivity index (χ1v) is 3.88. The summed E-state index contributed by atoms with van der Waals surface area (Å²) < 4.78 is 5.41. The van der Waals surface area contributed by atoms with Crippen LogP contribution >= 0.6 is 0 Å². The Bertz CT molecular complexity index is 79.1. The van der Waals surface area contributed by atoms with E-state index in [2.05, 4.69) is 6.92 Å². The van der Waals surface area contributed by atoms with E-state index in [1.807, 2.05) is 7.11 Å². The highest BCUT2D eigenvalue weighted by Crippen LogP contribution is 2.38. The Kier molecular flexibility index (Phi) is 2.12. The predicted octanol–water partition coefficient (Wildman–Crippen LogP) is 2.36. The quantitative estimate of drug-likeness (QED) is 0.567. The largest absolute Gasteiger partial charge is 0.378 e. The van der Waals surface area contributed by atoms with Crippen LogP contribution in [0.15, 0.2) is 0 Å². The topological polar surface area (TPSA) is 9.23 Å². The molecule has 1 nitrogen and oxygen atoms in total. The molecule has 0 amide bonds. The average Bonchev–Trinajstić information content (AvgIpc) is 1.79. The zero-order chi connectivity index (χ0) is 6.74. The Morgan fingerprint density at radius 1 is 1.44 bits per heavy atom. The van der Waals surface area contributed by atoms with Crippen LogP contribution in [-0.4, -0.2) is 12.7 Å². The van der Waals surface area contributed by atoms with Gasteiger partial charge in [-0.1, -0.05) is 13.3 Å². The summed E-state index contributed by atoms with van der Waals surface area (Å²) in [6, 6.07) is 0. The van der Waals surface area contributed by atoms with Gasteiger partial charge in [-0.15, -0.1) is 0 Å². The first-order valence-electron chi connectivity index (χ1n) is 3.88. The van der Waals surface area contributed by atoms with E-state index in [9.17, 15) is 0 Å². The highest BCUT2D eigenvalue weighted by atomic mass is 16.5.